The molecule has 1 fully saturated rings. The summed E-state index contributed by atoms with van der Waals surface area (Å²) < 4.78 is 0. The van der Waals surface area contributed by atoms with Crippen LogP contribution < -0.4 is 5.32 Å². The Bertz CT molecular complexity index is 141. The van der Waals surface area contributed by atoms with Crippen molar-refractivity contribution < 1.29 is 0 Å². The summed E-state index contributed by atoms with van der Waals surface area (Å²) in [5.41, 5.74) is 0. The highest BCUT2D eigenvalue weighted by Gasteiger charge is 2.17. The number of rotatable bonds is 5. The Morgan fingerprint density at radius 1 is 1.14 bits per heavy atom. The molecule has 2 unspecified atom stereocenters. The predicted molar refractivity (Wildman–Crippen MR) is 62.6 cm³/mol. The monoisotopic (exact) mass is 198 g/mol. The molecule has 0 aromatic rings. The van der Waals surface area contributed by atoms with Crippen molar-refractivity contribution in [3.05, 3.63) is 0 Å². The van der Waals surface area contributed by atoms with Crippen LogP contribution >= 0.6 is 0 Å². The summed E-state index contributed by atoms with van der Waals surface area (Å²) in [6.07, 6.45) is 5.53. The van der Waals surface area contributed by atoms with Crippen molar-refractivity contribution in [3.63, 3.8) is 0 Å². The molecule has 0 aliphatic carbocycles. The molecule has 1 aliphatic heterocycles. The molecule has 1 N–H and O–H groups in total. The van der Waals surface area contributed by atoms with Gasteiger partial charge in [0.2, 0.25) is 0 Å². The largest absolute Gasteiger partial charge is 0.314 e. The lowest BCUT2D eigenvalue weighted by molar-refractivity contribution is 0.158. The molecule has 2 nitrogen and oxygen atoms in total. The molecule has 0 spiro atoms. The average molecular weight is 198 g/mol. The van der Waals surface area contributed by atoms with Gasteiger partial charge in [-0.25, -0.2) is 0 Å². The van der Waals surface area contributed by atoms with Crippen molar-refractivity contribution in [3.8, 4) is 0 Å². The zero-order valence-corrected chi connectivity index (χ0v) is 10.1. The van der Waals surface area contributed by atoms with Gasteiger partial charge in [-0.3, -0.25) is 0 Å². The summed E-state index contributed by atoms with van der Waals surface area (Å²) in [5.74, 6) is 0. The Balaban J connectivity index is 2.21. The van der Waals surface area contributed by atoms with Gasteiger partial charge in [0, 0.05) is 12.1 Å². The second-order valence-corrected chi connectivity index (χ2v) is 4.64. The van der Waals surface area contributed by atoms with E-state index in [1.807, 2.05) is 0 Å². The van der Waals surface area contributed by atoms with E-state index >= 15 is 0 Å². The first-order valence-corrected chi connectivity index (χ1v) is 6.21. The van der Waals surface area contributed by atoms with Crippen LogP contribution in [0.3, 0.4) is 0 Å². The van der Waals surface area contributed by atoms with Crippen molar-refractivity contribution in [1.82, 2.24) is 10.2 Å². The highest BCUT2D eigenvalue weighted by atomic mass is 15.2. The summed E-state index contributed by atoms with van der Waals surface area (Å²) in [6, 6.07) is 1.42. The second-order valence-electron chi connectivity index (χ2n) is 4.64. The van der Waals surface area contributed by atoms with Gasteiger partial charge in [0.15, 0.2) is 0 Å². The molecule has 1 rings (SSSR count). The molecule has 0 aromatic heterocycles. The van der Waals surface area contributed by atoms with E-state index < -0.39 is 0 Å². The summed E-state index contributed by atoms with van der Waals surface area (Å²) in [4.78, 5) is 2.65. The smallest absolute Gasteiger partial charge is 0.00816 e. The van der Waals surface area contributed by atoms with Crippen molar-refractivity contribution >= 4 is 0 Å². The summed E-state index contributed by atoms with van der Waals surface area (Å²) in [5, 5.41) is 3.49. The van der Waals surface area contributed by atoms with Crippen molar-refractivity contribution in [2.24, 2.45) is 0 Å². The molecule has 14 heavy (non-hydrogen) atoms. The van der Waals surface area contributed by atoms with Crippen LogP contribution in [0, 0.1) is 0 Å². The van der Waals surface area contributed by atoms with Gasteiger partial charge in [-0.05, 0) is 52.7 Å². The molecule has 2 atom stereocenters. The second kappa shape index (κ2) is 6.41. The van der Waals surface area contributed by atoms with E-state index in [2.05, 4.69) is 31.0 Å². The van der Waals surface area contributed by atoms with E-state index in [0.717, 1.165) is 12.6 Å². The number of hydrogen-bond donors (Lipinski definition) is 1. The lowest BCUT2D eigenvalue weighted by atomic mass is 10.0. The van der Waals surface area contributed by atoms with Crippen LogP contribution in [0.2, 0.25) is 0 Å². The van der Waals surface area contributed by atoms with E-state index in [-0.39, 0.29) is 0 Å². The van der Waals surface area contributed by atoms with Gasteiger partial charge < -0.3 is 10.2 Å². The van der Waals surface area contributed by atoms with E-state index in [4.69, 9.17) is 0 Å². The fourth-order valence-corrected chi connectivity index (χ4v) is 2.45. The Labute approximate surface area is 89.1 Å². The minimum absolute atomic E-state index is 0.664. The Hall–Kier alpha value is -0.0800. The topological polar surface area (TPSA) is 15.3 Å². The third-order valence-corrected chi connectivity index (χ3v) is 3.26. The lowest BCUT2D eigenvalue weighted by Crippen LogP contribution is -2.41. The van der Waals surface area contributed by atoms with Crippen molar-refractivity contribution in [1.29, 1.82) is 0 Å². The molecule has 0 radical (unpaired) electrons. The van der Waals surface area contributed by atoms with Gasteiger partial charge in [-0.15, -0.1) is 0 Å². The fourth-order valence-electron chi connectivity index (χ4n) is 2.45. The molecule has 0 amide bonds. The first kappa shape index (κ1) is 12.0. The number of likely N-dealkylation sites (tertiary alicyclic amines) is 1. The molecular formula is C12H26N2. The number of piperidine rings is 1. The van der Waals surface area contributed by atoms with Gasteiger partial charge in [0.25, 0.3) is 0 Å². The molecule has 1 aliphatic rings. The quantitative estimate of drug-likeness (QED) is 0.729. The third kappa shape index (κ3) is 3.97. The zero-order chi connectivity index (χ0) is 10.4. The first-order chi connectivity index (χ1) is 6.74. The minimum Gasteiger partial charge on any atom is -0.314 e. The number of hydrogen-bond acceptors (Lipinski definition) is 2. The molecule has 0 bridgehead atoms. The van der Waals surface area contributed by atoms with Crippen LogP contribution in [0.5, 0.6) is 0 Å². The molecule has 84 valence electrons. The van der Waals surface area contributed by atoms with Crippen LogP contribution in [0.4, 0.5) is 0 Å². The van der Waals surface area contributed by atoms with Crippen LogP contribution in [0.25, 0.3) is 0 Å². The molecule has 1 heterocycles. The maximum Gasteiger partial charge on any atom is 0.00816 e. The molecule has 0 saturated carbocycles. The Morgan fingerprint density at radius 3 is 2.36 bits per heavy atom. The van der Waals surface area contributed by atoms with Crippen LogP contribution in [-0.4, -0.2) is 36.6 Å². The fraction of sp³-hybridized carbons (Fsp3) is 1.00. The van der Waals surface area contributed by atoms with Gasteiger partial charge in [0.1, 0.15) is 0 Å². The maximum absolute atomic E-state index is 3.49. The number of nitrogens with zero attached hydrogens (tertiary/aromatic N) is 1. The third-order valence-electron chi connectivity index (χ3n) is 3.26. The molecule has 2 heteroatoms. The normalized spacial score (nSPS) is 23.4. The van der Waals surface area contributed by atoms with Gasteiger partial charge in [-0.2, -0.15) is 0 Å². The lowest BCUT2D eigenvalue weighted by Gasteiger charge is -2.33. The van der Waals surface area contributed by atoms with Crippen molar-refractivity contribution in [2.45, 2.75) is 58.5 Å². The molecular weight excluding hydrogens is 172 g/mol. The van der Waals surface area contributed by atoms with E-state index in [9.17, 15) is 0 Å². The van der Waals surface area contributed by atoms with Crippen LogP contribution in [-0.2, 0) is 0 Å². The first-order valence-electron chi connectivity index (χ1n) is 6.21. The average Bonchev–Trinajstić information content (AvgIpc) is 2.19. The highest BCUT2D eigenvalue weighted by molar-refractivity contribution is 4.75. The van der Waals surface area contributed by atoms with Crippen LogP contribution in [0.1, 0.15) is 46.5 Å². The van der Waals surface area contributed by atoms with E-state index in [1.54, 1.807) is 0 Å². The number of nitrogens with one attached hydrogen (secondary N) is 1. The molecule has 0 aromatic carbocycles. The SMILES string of the molecule is CCNC(C)CC(C)N1CCCCC1. The predicted octanol–water partition coefficient (Wildman–Crippen LogP) is 2.25. The zero-order valence-electron chi connectivity index (χ0n) is 10.1. The summed E-state index contributed by atoms with van der Waals surface area (Å²) in [7, 11) is 0. The van der Waals surface area contributed by atoms with E-state index in [0.29, 0.717) is 6.04 Å². The van der Waals surface area contributed by atoms with E-state index in [1.165, 1.54) is 38.8 Å². The van der Waals surface area contributed by atoms with Gasteiger partial charge in [0.05, 0.1) is 0 Å². The van der Waals surface area contributed by atoms with Crippen LogP contribution in [0.15, 0.2) is 0 Å². The standard InChI is InChI=1S/C12H26N2/c1-4-13-11(2)10-12(3)14-8-6-5-7-9-14/h11-13H,4-10H2,1-3H3. The van der Waals surface area contributed by atoms with Gasteiger partial charge >= 0.3 is 0 Å². The summed E-state index contributed by atoms with van der Waals surface area (Å²) in [6.45, 7) is 10.6. The minimum atomic E-state index is 0.664. The maximum atomic E-state index is 3.49. The molecule has 1 saturated heterocycles. The Morgan fingerprint density at radius 2 is 1.79 bits per heavy atom. The summed E-state index contributed by atoms with van der Waals surface area (Å²) >= 11 is 0. The van der Waals surface area contributed by atoms with Crippen molar-refractivity contribution in [2.75, 3.05) is 19.6 Å². The Kier molecular flexibility index (Phi) is 5.49. The van der Waals surface area contributed by atoms with Gasteiger partial charge in [-0.1, -0.05) is 13.3 Å². The highest BCUT2D eigenvalue weighted by Crippen LogP contribution is 2.14.